The van der Waals surface area contributed by atoms with Crippen LogP contribution in [0.4, 0.5) is 0 Å². The lowest BCUT2D eigenvalue weighted by Crippen LogP contribution is -2.28. The average molecular weight is 367 g/mol. The van der Waals surface area contributed by atoms with Crippen molar-refractivity contribution in [3.63, 3.8) is 0 Å². The summed E-state index contributed by atoms with van der Waals surface area (Å²) >= 11 is 0. The summed E-state index contributed by atoms with van der Waals surface area (Å²) in [4.78, 5) is 31.3. The normalized spacial score (nSPS) is 10.8. The van der Waals surface area contributed by atoms with Crippen LogP contribution in [0.2, 0.25) is 0 Å². The van der Waals surface area contributed by atoms with Crippen LogP contribution in [0.3, 0.4) is 0 Å². The smallest absolute Gasteiger partial charge is 0.338 e. The fourth-order valence-corrected chi connectivity index (χ4v) is 2.44. The monoisotopic (exact) mass is 367 g/mol. The van der Waals surface area contributed by atoms with Crippen LogP contribution in [0.25, 0.3) is 11.0 Å². The van der Waals surface area contributed by atoms with E-state index in [0.717, 1.165) is 11.0 Å². The van der Waals surface area contributed by atoms with Crippen molar-refractivity contribution < 1.29 is 19.1 Å². The topological polar surface area (TPSA) is 93.3 Å². The van der Waals surface area contributed by atoms with Crippen molar-refractivity contribution in [2.45, 2.75) is 26.5 Å². The summed E-state index contributed by atoms with van der Waals surface area (Å²) in [7, 11) is 0. The van der Waals surface area contributed by atoms with Crippen LogP contribution >= 0.6 is 0 Å². The van der Waals surface area contributed by atoms with E-state index in [1.165, 1.54) is 0 Å². The second-order valence-corrected chi connectivity index (χ2v) is 6.24. The van der Waals surface area contributed by atoms with E-state index in [-0.39, 0.29) is 31.1 Å². The predicted molar refractivity (Wildman–Crippen MR) is 100 cm³/mol. The molecule has 1 aromatic heterocycles. The summed E-state index contributed by atoms with van der Waals surface area (Å²) in [5, 5.41) is 2.75. The largest absolute Gasteiger partial charge is 0.484 e. The highest BCUT2D eigenvalue weighted by Crippen LogP contribution is 2.14. The molecular formula is C20H21N3O4. The van der Waals surface area contributed by atoms with Gasteiger partial charge in [0.15, 0.2) is 6.61 Å². The molecule has 0 aliphatic carbocycles. The number of nitrogens with zero attached hydrogens (tertiary/aromatic N) is 1. The number of carbonyl (C=O) groups is 2. The van der Waals surface area contributed by atoms with Gasteiger partial charge in [-0.25, -0.2) is 9.78 Å². The molecule has 7 nitrogen and oxygen atoms in total. The van der Waals surface area contributed by atoms with Crippen molar-refractivity contribution in [2.24, 2.45) is 0 Å². The minimum atomic E-state index is -0.389. The number of hydrogen-bond acceptors (Lipinski definition) is 5. The molecule has 3 aromatic rings. The maximum atomic E-state index is 11.9. The van der Waals surface area contributed by atoms with Gasteiger partial charge in [-0.2, -0.15) is 0 Å². The number of para-hydroxylation sites is 2. The summed E-state index contributed by atoms with van der Waals surface area (Å²) in [6.07, 6.45) is -0.177. The molecule has 140 valence electrons. The van der Waals surface area contributed by atoms with Gasteiger partial charge in [0.1, 0.15) is 11.6 Å². The Morgan fingerprint density at radius 3 is 2.56 bits per heavy atom. The third kappa shape index (κ3) is 5.07. The molecule has 1 heterocycles. The molecular weight excluding hydrogens is 346 g/mol. The van der Waals surface area contributed by atoms with Crippen LogP contribution in [0.1, 0.15) is 30.0 Å². The van der Waals surface area contributed by atoms with E-state index < -0.39 is 0 Å². The highest BCUT2D eigenvalue weighted by Gasteiger charge is 2.10. The van der Waals surface area contributed by atoms with Gasteiger partial charge in [0, 0.05) is 0 Å². The number of hydrogen-bond donors (Lipinski definition) is 2. The number of nitrogens with one attached hydrogen (secondary N) is 2. The molecule has 0 bridgehead atoms. The second-order valence-electron chi connectivity index (χ2n) is 6.24. The third-order valence-corrected chi connectivity index (χ3v) is 3.69. The molecule has 2 N–H and O–H groups in total. The third-order valence-electron chi connectivity index (χ3n) is 3.69. The minimum Gasteiger partial charge on any atom is -0.484 e. The molecule has 0 atom stereocenters. The molecule has 0 fully saturated rings. The molecule has 0 spiro atoms. The predicted octanol–water partition coefficient (Wildman–Crippen LogP) is 2.82. The van der Waals surface area contributed by atoms with Gasteiger partial charge >= 0.3 is 5.97 Å². The van der Waals surface area contributed by atoms with Crippen LogP contribution in [-0.4, -0.2) is 34.6 Å². The Kier molecular flexibility index (Phi) is 5.71. The Bertz CT molecular complexity index is 899. The maximum absolute atomic E-state index is 11.9. The highest BCUT2D eigenvalue weighted by molar-refractivity contribution is 5.89. The van der Waals surface area contributed by atoms with E-state index in [1.807, 2.05) is 24.3 Å². The molecule has 0 saturated carbocycles. The fourth-order valence-electron chi connectivity index (χ4n) is 2.44. The van der Waals surface area contributed by atoms with Gasteiger partial charge < -0.3 is 19.8 Å². The Labute approximate surface area is 156 Å². The van der Waals surface area contributed by atoms with Gasteiger partial charge in [-0.3, -0.25) is 4.79 Å². The van der Waals surface area contributed by atoms with E-state index in [2.05, 4.69) is 15.3 Å². The number of carbonyl (C=O) groups excluding carboxylic acids is 2. The number of aromatic nitrogens is 2. The first-order valence-corrected chi connectivity index (χ1v) is 8.65. The lowest BCUT2D eigenvalue weighted by molar-refractivity contribution is -0.123. The first kappa shape index (κ1) is 18.4. The Balaban J connectivity index is 1.46. The molecule has 0 radical (unpaired) electrons. The number of amides is 1. The zero-order valence-corrected chi connectivity index (χ0v) is 15.2. The summed E-state index contributed by atoms with van der Waals surface area (Å²) in [6.45, 7) is 3.74. The number of benzene rings is 2. The van der Waals surface area contributed by atoms with Crippen molar-refractivity contribution in [3.8, 4) is 5.75 Å². The van der Waals surface area contributed by atoms with Gasteiger partial charge in [-0.05, 0) is 50.2 Å². The number of imidazole rings is 1. The Hall–Kier alpha value is -3.35. The lowest BCUT2D eigenvalue weighted by Gasteiger charge is -2.09. The Morgan fingerprint density at radius 2 is 1.85 bits per heavy atom. The molecule has 2 aromatic carbocycles. The van der Waals surface area contributed by atoms with Crippen LogP contribution in [0.5, 0.6) is 5.75 Å². The van der Waals surface area contributed by atoms with Crippen molar-refractivity contribution >= 4 is 22.9 Å². The van der Waals surface area contributed by atoms with E-state index in [1.54, 1.807) is 38.1 Å². The van der Waals surface area contributed by atoms with Gasteiger partial charge in [-0.1, -0.05) is 12.1 Å². The number of aromatic amines is 1. The minimum absolute atomic E-state index is 0.129. The summed E-state index contributed by atoms with van der Waals surface area (Å²) in [6, 6.07) is 14.1. The summed E-state index contributed by atoms with van der Waals surface area (Å²) in [5.41, 5.74) is 2.22. The molecule has 7 heteroatoms. The molecule has 0 unspecified atom stereocenters. The van der Waals surface area contributed by atoms with Gasteiger partial charge in [0.05, 0.1) is 29.2 Å². The average Bonchev–Trinajstić information content (AvgIpc) is 3.07. The molecule has 3 rings (SSSR count). The summed E-state index contributed by atoms with van der Waals surface area (Å²) < 4.78 is 10.6. The van der Waals surface area contributed by atoms with Crippen molar-refractivity contribution in [1.82, 2.24) is 15.3 Å². The number of ether oxygens (including phenoxy) is 2. The number of esters is 1. The standard InChI is InChI=1S/C20H21N3O4/c1-13(2)27-20(25)14-7-9-15(10-8-14)26-12-19(24)21-11-18-22-16-5-3-4-6-17(16)23-18/h3-10,13H,11-12H2,1-2H3,(H,21,24)(H,22,23). The number of H-pyrrole nitrogens is 1. The molecule has 27 heavy (non-hydrogen) atoms. The lowest BCUT2D eigenvalue weighted by atomic mass is 10.2. The fraction of sp³-hybridized carbons (Fsp3) is 0.250. The van der Waals surface area contributed by atoms with E-state index in [9.17, 15) is 9.59 Å². The van der Waals surface area contributed by atoms with Crippen LogP contribution in [-0.2, 0) is 16.1 Å². The van der Waals surface area contributed by atoms with E-state index >= 15 is 0 Å². The van der Waals surface area contributed by atoms with Gasteiger partial charge in [0.25, 0.3) is 5.91 Å². The molecule has 0 aliphatic heterocycles. The quantitative estimate of drug-likeness (QED) is 0.627. The summed E-state index contributed by atoms with van der Waals surface area (Å²) in [5.74, 6) is 0.520. The van der Waals surface area contributed by atoms with Gasteiger partial charge in [0.2, 0.25) is 0 Å². The highest BCUT2D eigenvalue weighted by atomic mass is 16.5. The number of rotatable bonds is 7. The van der Waals surface area contributed by atoms with Gasteiger partial charge in [-0.15, -0.1) is 0 Å². The van der Waals surface area contributed by atoms with Crippen LogP contribution in [0.15, 0.2) is 48.5 Å². The molecule has 0 aliphatic rings. The zero-order valence-electron chi connectivity index (χ0n) is 15.2. The SMILES string of the molecule is CC(C)OC(=O)c1ccc(OCC(=O)NCc2nc3ccccc3[nH]2)cc1. The number of fused-ring (bicyclic) bond motifs is 1. The molecule has 1 amide bonds. The van der Waals surface area contributed by atoms with Crippen LogP contribution < -0.4 is 10.1 Å². The first-order valence-electron chi connectivity index (χ1n) is 8.65. The molecule has 0 saturated heterocycles. The van der Waals surface area contributed by atoms with Crippen molar-refractivity contribution in [1.29, 1.82) is 0 Å². The van der Waals surface area contributed by atoms with Crippen molar-refractivity contribution in [3.05, 3.63) is 59.9 Å². The first-order chi connectivity index (χ1) is 13.0. The van der Waals surface area contributed by atoms with Crippen molar-refractivity contribution in [2.75, 3.05) is 6.61 Å². The Morgan fingerprint density at radius 1 is 1.11 bits per heavy atom. The zero-order chi connectivity index (χ0) is 19.2. The van der Waals surface area contributed by atoms with E-state index in [0.29, 0.717) is 17.1 Å². The van der Waals surface area contributed by atoms with Crippen LogP contribution in [0, 0.1) is 0 Å². The second kappa shape index (κ2) is 8.35. The maximum Gasteiger partial charge on any atom is 0.338 e. The van der Waals surface area contributed by atoms with E-state index in [4.69, 9.17) is 9.47 Å².